The first-order valence-electron chi connectivity index (χ1n) is 10.0. The number of aliphatic hydroxyl groups is 1. The van der Waals surface area contributed by atoms with E-state index in [0.29, 0.717) is 17.9 Å². The molecule has 1 saturated heterocycles. The monoisotopic (exact) mass is 408 g/mol. The van der Waals surface area contributed by atoms with Gasteiger partial charge in [-0.25, -0.2) is 8.42 Å². The predicted molar refractivity (Wildman–Crippen MR) is 109 cm³/mol. The topological polar surface area (TPSA) is 97.0 Å². The van der Waals surface area contributed by atoms with Gasteiger partial charge in [-0.2, -0.15) is 0 Å². The third-order valence-corrected chi connectivity index (χ3v) is 7.63. The Hall–Kier alpha value is -1.35. The SMILES string of the molecule is CCCC1=C2[C@@H](CC/C(=C/c3ccc(CO)o3)CC)OB(O)C[C@@H]2S(=O)(=O)C1. The number of allylic oxidation sites excluding steroid dienone is 1. The number of rotatable bonds is 8. The zero-order valence-electron chi connectivity index (χ0n) is 16.6. The van der Waals surface area contributed by atoms with E-state index in [9.17, 15) is 13.4 Å². The van der Waals surface area contributed by atoms with Gasteiger partial charge in [0.2, 0.25) is 0 Å². The number of sulfone groups is 1. The minimum atomic E-state index is -3.24. The molecule has 0 spiro atoms. The molecule has 2 atom stereocenters. The predicted octanol–water partition coefficient (Wildman–Crippen LogP) is 3.12. The van der Waals surface area contributed by atoms with Crippen molar-refractivity contribution < 1.29 is 27.6 Å². The van der Waals surface area contributed by atoms with Crippen LogP contribution in [0.3, 0.4) is 0 Å². The van der Waals surface area contributed by atoms with Crippen molar-refractivity contribution in [2.75, 3.05) is 5.75 Å². The molecule has 2 N–H and O–H groups in total. The van der Waals surface area contributed by atoms with Crippen LogP contribution >= 0.6 is 0 Å². The number of furan rings is 1. The Morgan fingerprint density at radius 3 is 2.79 bits per heavy atom. The van der Waals surface area contributed by atoms with Gasteiger partial charge in [0, 0.05) is 6.32 Å². The van der Waals surface area contributed by atoms with E-state index in [0.717, 1.165) is 42.4 Å². The molecule has 1 fully saturated rings. The van der Waals surface area contributed by atoms with Crippen LogP contribution in [0.15, 0.2) is 33.3 Å². The molecule has 3 rings (SSSR count). The molecule has 1 aromatic rings. The second-order valence-corrected chi connectivity index (χ2v) is 9.76. The van der Waals surface area contributed by atoms with Gasteiger partial charge in [0.05, 0.1) is 17.1 Å². The smallest absolute Gasteiger partial charge is 0.456 e. The van der Waals surface area contributed by atoms with Gasteiger partial charge in [0.1, 0.15) is 18.1 Å². The molecule has 0 amide bonds. The van der Waals surface area contributed by atoms with E-state index >= 15 is 0 Å². The highest BCUT2D eigenvalue weighted by molar-refractivity contribution is 7.92. The highest BCUT2D eigenvalue weighted by Gasteiger charge is 2.48. The summed E-state index contributed by atoms with van der Waals surface area (Å²) < 4.78 is 36.5. The summed E-state index contributed by atoms with van der Waals surface area (Å²) in [5.41, 5.74) is 3.02. The lowest BCUT2D eigenvalue weighted by Gasteiger charge is -2.32. The van der Waals surface area contributed by atoms with Gasteiger partial charge < -0.3 is 19.2 Å². The van der Waals surface area contributed by atoms with E-state index in [1.54, 1.807) is 6.07 Å². The molecule has 2 aliphatic heterocycles. The second-order valence-electron chi connectivity index (χ2n) is 7.58. The largest absolute Gasteiger partial charge is 0.459 e. The lowest BCUT2D eigenvalue weighted by Crippen LogP contribution is -2.41. The standard InChI is InChI=1S/C20H29BO6S/c1-3-5-15-13-28(24,25)19-11-21(23)27-18(20(15)19)9-6-14(4-2)10-16-7-8-17(12-22)26-16/h7-8,10,18-19,22-23H,3-6,9,11-13H2,1-2H3/b14-10+/t18-,19+/m1/s1. The van der Waals surface area contributed by atoms with Crippen LogP contribution in [-0.4, -0.2) is 42.8 Å². The van der Waals surface area contributed by atoms with Gasteiger partial charge in [0.25, 0.3) is 0 Å². The Bertz CT molecular complexity index is 854. The summed E-state index contributed by atoms with van der Waals surface area (Å²) in [5.74, 6) is 1.31. The maximum absolute atomic E-state index is 12.6. The molecule has 0 radical (unpaired) electrons. The van der Waals surface area contributed by atoms with Crippen molar-refractivity contribution in [2.45, 2.75) is 70.2 Å². The lowest BCUT2D eigenvalue weighted by atomic mass is 9.74. The summed E-state index contributed by atoms with van der Waals surface area (Å²) in [6.07, 6.45) is 5.55. The molecule has 0 unspecified atom stereocenters. The van der Waals surface area contributed by atoms with Crippen LogP contribution in [0.4, 0.5) is 0 Å². The van der Waals surface area contributed by atoms with Gasteiger partial charge in [-0.1, -0.05) is 31.4 Å². The van der Waals surface area contributed by atoms with Gasteiger partial charge in [-0.05, 0) is 49.5 Å². The summed E-state index contributed by atoms with van der Waals surface area (Å²) in [5, 5.41) is 18.6. The molecular formula is C20H29BO6S. The Morgan fingerprint density at radius 1 is 1.36 bits per heavy atom. The zero-order chi connectivity index (χ0) is 20.3. The fraction of sp³-hybridized carbons (Fsp3) is 0.600. The molecule has 0 bridgehead atoms. The summed E-state index contributed by atoms with van der Waals surface area (Å²) in [6, 6.07) is 3.57. The van der Waals surface area contributed by atoms with Crippen LogP contribution in [0.1, 0.15) is 57.5 Å². The third-order valence-electron chi connectivity index (χ3n) is 5.57. The molecule has 28 heavy (non-hydrogen) atoms. The molecule has 0 saturated carbocycles. The normalized spacial score (nSPS) is 24.7. The molecular weight excluding hydrogens is 379 g/mol. The number of aliphatic hydroxyl groups excluding tert-OH is 1. The van der Waals surface area contributed by atoms with Crippen molar-refractivity contribution in [1.29, 1.82) is 0 Å². The van der Waals surface area contributed by atoms with Crippen LogP contribution in [0.2, 0.25) is 6.32 Å². The maximum atomic E-state index is 12.6. The van der Waals surface area contributed by atoms with Crippen molar-refractivity contribution in [1.82, 2.24) is 0 Å². The van der Waals surface area contributed by atoms with Crippen molar-refractivity contribution >= 4 is 23.0 Å². The highest BCUT2D eigenvalue weighted by Crippen LogP contribution is 2.41. The number of hydrogen-bond acceptors (Lipinski definition) is 6. The van der Waals surface area contributed by atoms with E-state index in [2.05, 4.69) is 6.92 Å². The van der Waals surface area contributed by atoms with Crippen LogP contribution in [0, 0.1) is 0 Å². The van der Waals surface area contributed by atoms with E-state index < -0.39 is 22.2 Å². The molecule has 6 nitrogen and oxygen atoms in total. The van der Waals surface area contributed by atoms with Crippen molar-refractivity contribution in [3.8, 4) is 0 Å². The number of hydrogen-bond donors (Lipinski definition) is 2. The maximum Gasteiger partial charge on any atom is 0.456 e. The Labute approximate surface area is 167 Å². The third kappa shape index (κ3) is 4.62. The summed E-state index contributed by atoms with van der Waals surface area (Å²) in [4.78, 5) is 0. The van der Waals surface area contributed by atoms with E-state index in [-0.39, 0.29) is 24.8 Å². The fourth-order valence-corrected chi connectivity index (χ4v) is 6.39. The van der Waals surface area contributed by atoms with Crippen LogP contribution in [0.25, 0.3) is 6.08 Å². The number of fused-ring (bicyclic) bond motifs is 1. The van der Waals surface area contributed by atoms with Crippen molar-refractivity contribution in [2.24, 2.45) is 0 Å². The zero-order valence-corrected chi connectivity index (χ0v) is 17.4. The van der Waals surface area contributed by atoms with Crippen molar-refractivity contribution in [3.63, 3.8) is 0 Å². The van der Waals surface area contributed by atoms with Gasteiger partial charge >= 0.3 is 7.12 Å². The van der Waals surface area contributed by atoms with E-state index in [1.807, 2.05) is 19.1 Å². The van der Waals surface area contributed by atoms with E-state index in [1.165, 1.54) is 0 Å². The highest BCUT2D eigenvalue weighted by atomic mass is 32.2. The quantitative estimate of drug-likeness (QED) is 0.507. The van der Waals surface area contributed by atoms with Crippen molar-refractivity contribution in [3.05, 3.63) is 40.4 Å². The summed E-state index contributed by atoms with van der Waals surface area (Å²) in [6.45, 7) is 3.97. The molecule has 1 aromatic heterocycles. The molecule has 0 aliphatic carbocycles. The van der Waals surface area contributed by atoms with E-state index in [4.69, 9.17) is 14.2 Å². The Morgan fingerprint density at radius 2 is 2.14 bits per heavy atom. The van der Waals surface area contributed by atoms with Gasteiger partial charge in [-0.15, -0.1) is 0 Å². The molecule has 0 aromatic carbocycles. The molecule has 2 aliphatic rings. The van der Waals surface area contributed by atoms with Crippen LogP contribution < -0.4 is 0 Å². The van der Waals surface area contributed by atoms with Crippen LogP contribution in [0.5, 0.6) is 0 Å². The van der Waals surface area contributed by atoms with Gasteiger partial charge in [0.15, 0.2) is 9.84 Å². The summed E-state index contributed by atoms with van der Waals surface area (Å²) >= 11 is 0. The average molecular weight is 408 g/mol. The second kappa shape index (κ2) is 8.99. The minimum Gasteiger partial charge on any atom is -0.459 e. The molecule has 154 valence electrons. The summed E-state index contributed by atoms with van der Waals surface area (Å²) in [7, 11) is -4.29. The fourth-order valence-electron chi connectivity index (χ4n) is 4.23. The Kier molecular flexibility index (Phi) is 6.86. The minimum absolute atomic E-state index is 0.0974. The first kappa shape index (κ1) is 21.4. The van der Waals surface area contributed by atoms with Crippen LogP contribution in [-0.2, 0) is 21.1 Å². The Balaban J connectivity index is 1.78. The van der Waals surface area contributed by atoms with Gasteiger partial charge in [-0.3, -0.25) is 0 Å². The molecule has 3 heterocycles. The lowest BCUT2D eigenvalue weighted by molar-refractivity contribution is 0.169. The average Bonchev–Trinajstić information content (AvgIpc) is 3.21. The first-order chi connectivity index (χ1) is 13.4. The first-order valence-corrected chi connectivity index (χ1v) is 11.7. The molecule has 8 heteroatoms.